The van der Waals surface area contributed by atoms with E-state index in [0.29, 0.717) is 35.7 Å². The number of rotatable bonds is 8. The van der Waals surface area contributed by atoms with Crippen LogP contribution in [-0.4, -0.2) is 11.7 Å². The lowest BCUT2D eigenvalue weighted by molar-refractivity contribution is 0.134. The molecule has 0 amide bonds. The fourth-order valence-corrected chi connectivity index (χ4v) is 3.55. The molecule has 34 heavy (non-hydrogen) atoms. The van der Waals surface area contributed by atoms with E-state index in [4.69, 9.17) is 9.47 Å². The molecule has 0 unspecified atom stereocenters. The molecular weight excluding hydrogens is 441 g/mol. The van der Waals surface area contributed by atoms with Gasteiger partial charge in [0, 0.05) is 23.3 Å². The van der Waals surface area contributed by atoms with Crippen molar-refractivity contribution < 1.29 is 27.8 Å². The lowest BCUT2D eigenvalue weighted by Gasteiger charge is -2.11. The Morgan fingerprint density at radius 2 is 1.29 bits per heavy atom. The van der Waals surface area contributed by atoms with Gasteiger partial charge in [0.25, 0.3) is 0 Å². The summed E-state index contributed by atoms with van der Waals surface area (Å²) in [5, 5.41) is 9.40. The summed E-state index contributed by atoms with van der Waals surface area (Å²) in [4.78, 5) is 0. The van der Waals surface area contributed by atoms with E-state index in [1.165, 1.54) is 42.5 Å². The molecule has 0 spiro atoms. The third-order valence-corrected chi connectivity index (χ3v) is 5.41. The predicted molar refractivity (Wildman–Crippen MR) is 125 cm³/mol. The molecule has 6 heteroatoms. The van der Waals surface area contributed by atoms with E-state index in [1.54, 1.807) is 36.4 Å². The van der Waals surface area contributed by atoms with Gasteiger partial charge in [-0.1, -0.05) is 48.5 Å². The minimum Gasteiger partial charge on any atom is -0.508 e. The van der Waals surface area contributed by atoms with Crippen molar-refractivity contribution in [2.24, 2.45) is 0 Å². The maximum Gasteiger partial charge on any atom is 0.167 e. The van der Waals surface area contributed by atoms with Gasteiger partial charge < -0.3 is 14.6 Å². The zero-order valence-corrected chi connectivity index (χ0v) is 18.5. The molecule has 3 nitrogen and oxygen atoms in total. The fourth-order valence-electron chi connectivity index (χ4n) is 3.55. The lowest BCUT2D eigenvalue weighted by atomic mass is 9.98. The Hall–Kier alpha value is -3.77. The minimum atomic E-state index is -0.966. The lowest BCUT2D eigenvalue weighted by Crippen LogP contribution is -2.00. The fraction of sp³-hybridized carbons (Fsp3) is 0.143. The predicted octanol–water partition coefficient (Wildman–Crippen LogP) is 7.26. The number of benzene rings is 4. The van der Waals surface area contributed by atoms with E-state index >= 15 is 0 Å². The van der Waals surface area contributed by atoms with Crippen LogP contribution in [0.1, 0.15) is 18.1 Å². The molecule has 0 aliphatic rings. The number of aromatic hydroxyl groups is 1. The Balaban J connectivity index is 1.46. The van der Waals surface area contributed by atoms with Crippen LogP contribution >= 0.6 is 0 Å². The molecule has 0 radical (unpaired) electrons. The topological polar surface area (TPSA) is 38.7 Å². The van der Waals surface area contributed by atoms with Gasteiger partial charge >= 0.3 is 0 Å². The summed E-state index contributed by atoms with van der Waals surface area (Å²) < 4.78 is 54.8. The molecule has 0 saturated heterocycles. The Kier molecular flexibility index (Phi) is 7.18. The van der Waals surface area contributed by atoms with E-state index in [2.05, 4.69) is 0 Å². The van der Waals surface area contributed by atoms with Crippen LogP contribution in [0.25, 0.3) is 22.3 Å². The zero-order valence-electron chi connectivity index (χ0n) is 18.5. The number of halogens is 3. The van der Waals surface area contributed by atoms with Crippen molar-refractivity contribution in [3.05, 3.63) is 107 Å². The summed E-state index contributed by atoms with van der Waals surface area (Å²) in [6.07, 6.45) is 0. The molecule has 0 saturated carbocycles. The molecule has 0 heterocycles. The van der Waals surface area contributed by atoms with Gasteiger partial charge in [-0.2, -0.15) is 0 Å². The number of phenols is 1. The number of hydrogen-bond donors (Lipinski definition) is 1. The largest absolute Gasteiger partial charge is 0.508 e. The van der Waals surface area contributed by atoms with Crippen LogP contribution in [0.3, 0.4) is 0 Å². The number of phenolic OH excluding ortho intramolecular Hbond substituents is 1. The van der Waals surface area contributed by atoms with Gasteiger partial charge in [-0.05, 0) is 53.9 Å². The van der Waals surface area contributed by atoms with Crippen LogP contribution in [0.2, 0.25) is 0 Å². The van der Waals surface area contributed by atoms with Gasteiger partial charge in [-0.15, -0.1) is 0 Å². The first-order chi connectivity index (χ1) is 16.5. The van der Waals surface area contributed by atoms with E-state index in [-0.39, 0.29) is 29.3 Å². The van der Waals surface area contributed by atoms with Crippen molar-refractivity contribution in [1.82, 2.24) is 0 Å². The summed E-state index contributed by atoms with van der Waals surface area (Å²) >= 11 is 0. The minimum absolute atomic E-state index is 0.0322. The second-order valence-electron chi connectivity index (χ2n) is 7.71. The molecular formula is C28H23F3O3. The molecule has 0 aromatic heterocycles. The van der Waals surface area contributed by atoms with E-state index in [0.717, 1.165) is 5.56 Å². The van der Waals surface area contributed by atoms with E-state index < -0.39 is 11.6 Å². The first-order valence-corrected chi connectivity index (χ1v) is 10.8. The molecule has 174 valence electrons. The highest BCUT2D eigenvalue weighted by atomic mass is 19.2. The standard InChI is InChI=1S/C28H23F3O3/c1-2-33-16-18-3-4-21(26(29)15-18)17-34-23-11-7-20(8-12-23)25-14-13-24(27(30)28(25)31)19-5-9-22(32)10-6-19/h3-15,32H,2,16-17H2,1H3. The van der Waals surface area contributed by atoms with Gasteiger partial charge in [0.15, 0.2) is 11.6 Å². The van der Waals surface area contributed by atoms with Crippen molar-refractivity contribution in [3.8, 4) is 33.8 Å². The van der Waals surface area contributed by atoms with Crippen LogP contribution in [-0.2, 0) is 18.0 Å². The van der Waals surface area contributed by atoms with Crippen molar-refractivity contribution in [1.29, 1.82) is 0 Å². The quantitative estimate of drug-likeness (QED) is 0.298. The molecule has 4 aromatic rings. The van der Waals surface area contributed by atoms with Crippen LogP contribution in [0.15, 0.2) is 78.9 Å². The van der Waals surface area contributed by atoms with Crippen LogP contribution in [0, 0.1) is 17.5 Å². The first kappa shape index (κ1) is 23.4. The zero-order chi connectivity index (χ0) is 24.1. The van der Waals surface area contributed by atoms with Crippen LogP contribution in [0.4, 0.5) is 13.2 Å². The summed E-state index contributed by atoms with van der Waals surface area (Å²) in [5.74, 6) is -1.78. The Morgan fingerprint density at radius 1 is 0.706 bits per heavy atom. The molecule has 0 aliphatic heterocycles. The summed E-state index contributed by atoms with van der Waals surface area (Å²) in [6, 6.07) is 20.3. The average molecular weight is 464 g/mol. The molecule has 1 N–H and O–H groups in total. The molecule has 4 rings (SSSR count). The van der Waals surface area contributed by atoms with Crippen LogP contribution in [0.5, 0.6) is 11.5 Å². The number of hydrogen-bond acceptors (Lipinski definition) is 3. The first-order valence-electron chi connectivity index (χ1n) is 10.8. The van der Waals surface area contributed by atoms with Crippen molar-refractivity contribution in [2.75, 3.05) is 6.61 Å². The highest BCUT2D eigenvalue weighted by Crippen LogP contribution is 2.32. The third-order valence-electron chi connectivity index (χ3n) is 5.41. The van der Waals surface area contributed by atoms with Crippen molar-refractivity contribution in [3.63, 3.8) is 0 Å². The maximum atomic E-state index is 14.8. The Labute approximate surface area is 196 Å². The van der Waals surface area contributed by atoms with Gasteiger partial charge in [0.1, 0.15) is 23.9 Å². The van der Waals surface area contributed by atoms with Gasteiger partial charge in [-0.25, -0.2) is 13.2 Å². The summed E-state index contributed by atoms with van der Waals surface area (Å²) in [6.45, 7) is 2.82. The molecule has 0 atom stereocenters. The second-order valence-corrected chi connectivity index (χ2v) is 7.71. The third kappa shape index (κ3) is 5.24. The highest BCUT2D eigenvalue weighted by molar-refractivity contribution is 5.72. The highest BCUT2D eigenvalue weighted by Gasteiger charge is 2.16. The van der Waals surface area contributed by atoms with Gasteiger partial charge in [-0.3, -0.25) is 0 Å². The smallest absolute Gasteiger partial charge is 0.167 e. The molecule has 0 aliphatic carbocycles. The number of ether oxygens (including phenoxy) is 2. The van der Waals surface area contributed by atoms with E-state index in [9.17, 15) is 18.3 Å². The van der Waals surface area contributed by atoms with Crippen molar-refractivity contribution >= 4 is 0 Å². The monoisotopic (exact) mass is 464 g/mol. The SMILES string of the molecule is CCOCc1ccc(COc2ccc(-c3ccc(-c4ccc(O)cc4)c(F)c3F)cc2)c(F)c1. The van der Waals surface area contributed by atoms with Gasteiger partial charge in [0.05, 0.1) is 6.61 Å². The Morgan fingerprint density at radius 3 is 1.85 bits per heavy atom. The average Bonchev–Trinajstić information content (AvgIpc) is 2.85. The van der Waals surface area contributed by atoms with E-state index in [1.807, 2.05) is 6.92 Å². The molecule has 4 aromatic carbocycles. The summed E-state index contributed by atoms with van der Waals surface area (Å²) in [7, 11) is 0. The molecule has 0 bridgehead atoms. The normalized spacial score (nSPS) is 10.9. The van der Waals surface area contributed by atoms with Crippen molar-refractivity contribution in [2.45, 2.75) is 20.1 Å². The second kappa shape index (κ2) is 10.4. The van der Waals surface area contributed by atoms with Gasteiger partial charge in [0.2, 0.25) is 0 Å². The maximum absolute atomic E-state index is 14.8. The summed E-state index contributed by atoms with van der Waals surface area (Å²) in [5.41, 5.74) is 2.31. The Bertz CT molecular complexity index is 1270. The molecule has 0 fully saturated rings. The van der Waals surface area contributed by atoms with Crippen LogP contribution < -0.4 is 4.74 Å².